The van der Waals surface area contributed by atoms with E-state index < -0.39 is 18.6 Å². The van der Waals surface area contributed by atoms with Crippen molar-refractivity contribution in [3.63, 3.8) is 0 Å². The summed E-state index contributed by atoms with van der Waals surface area (Å²) in [5.74, 6) is 0.789. The Morgan fingerprint density at radius 1 is 1.14 bits per heavy atom. The number of morpholine rings is 1. The van der Waals surface area contributed by atoms with Crippen LogP contribution in [0.5, 0.6) is 5.88 Å². The molecule has 1 aliphatic heterocycles. The van der Waals surface area contributed by atoms with Crippen LogP contribution in [0.4, 0.5) is 19.1 Å². The first kappa shape index (κ1) is 25.4. The summed E-state index contributed by atoms with van der Waals surface area (Å²) < 4.78 is 50.2. The lowest BCUT2D eigenvalue weighted by molar-refractivity contribution is -0.136. The van der Waals surface area contributed by atoms with Crippen LogP contribution in [-0.2, 0) is 4.74 Å². The lowest BCUT2D eigenvalue weighted by atomic mass is 9.82. The molecule has 2 aromatic rings. The van der Waals surface area contributed by atoms with Crippen LogP contribution in [0.25, 0.3) is 10.9 Å². The fraction of sp³-hybridized carbons (Fsp3) is 0.720. The van der Waals surface area contributed by atoms with Crippen LogP contribution in [0.3, 0.4) is 0 Å². The standard InChI is InChI=1S/C25H34F3N5O3/c1-15(12-25(26,27)28)31-24-30-14-21-22(32-24)20(16-2-4-18(34)5-3-16)13-29-23(21)36-19-10-17(11-19)33-6-8-35-9-7-33/h13-19,34H,2-12H2,1H3,(H,30,31,32)/t15-,16-,17-,18-,19+/m0/s1. The van der Waals surface area contributed by atoms with Crippen LogP contribution >= 0.6 is 0 Å². The average Bonchev–Trinajstić information content (AvgIpc) is 2.81. The Bertz CT molecular complexity index is 1040. The molecule has 0 bridgehead atoms. The summed E-state index contributed by atoms with van der Waals surface area (Å²) in [7, 11) is 0. The maximum absolute atomic E-state index is 12.8. The maximum Gasteiger partial charge on any atom is 0.391 e. The molecular weight excluding hydrogens is 475 g/mol. The number of aromatic nitrogens is 3. The highest BCUT2D eigenvalue weighted by Gasteiger charge is 2.36. The molecule has 0 amide bonds. The highest BCUT2D eigenvalue weighted by molar-refractivity contribution is 5.86. The molecule has 0 aromatic carbocycles. The van der Waals surface area contributed by atoms with E-state index >= 15 is 0 Å². The highest BCUT2D eigenvalue weighted by atomic mass is 19.4. The lowest BCUT2D eigenvalue weighted by Gasteiger charge is -2.43. The van der Waals surface area contributed by atoms with Crippen molar-refractivity contribution in [3.05, 3.63) is 18.0 Å². The topological polar surface area (TPSA) is 92.6 Å². The second-order valence-electron chi connectivity index (χ2n) is 10.4. The predicted molar refractivity (Wildman–Crippen MR) is 128 cm³/mol. The molecule has 3 heterocycles. The first-order chi connectivity index (χ1) is 17.2. The van der Waals surface area contributed by atoms with Gasteiger partial charge in [-0.05, 0) is 38.5 Å². The van der Waals surface area contributed by atoms with E-state index in [9.17, 15) is 18.3 Å². The fourth-order valence-corrected chi connectivity index (χ4v) is 5.52. The van der Waals surface area contributed by atoms with E-state index in [1.807, 2.05) is 0 Å². The molecule has 1 saturated heterocycles. The molecular formula is C25H34F3N5O3. The number of pyridine rings is 1. The van der Waals surface area contributed by atoms with Crippen molar-refractivity contribution in [2.75, 3.05) is 31.6 Å². The van der Waals surface area contributed by atoms with E-state index in [1.165, 1.54) is 6.92 Å². The molecule has 8 nitrogen and oxygen atoms in total. The Hall–Kier alpha value is -2.24. The Balaban J connectivity index is 1.36. The molecule has 0 radical (unpaired) electrons. The SMILES string of the molecule is C[C@@H](CC(F)(F)F)Nc1ncc2c(O[C@H]3C[C@@H](N4CCOCC4)C3)ncc([C@H]3CC[C@H](O)CC3)c2n1. The van der Waals surface area contributed by atoms with Crippen molar-refractivity contribution < 1.29 is 27.8 Å². The number of aliphatic hydroxyl groups excluding tert-OH is 1. The van der Waals surface area contributed by atoms with Crippen LogP contribution in [0.15, 0.2) is 12.4 Å². The van der Waals surface area contributed by atoms with Gasteiger partial charge >= 0.3 is 6.18 Å². The summed E-state index contributed by atoms with van der Waals surface area (Å²) in [4.78, 5) is 16.0. The number of nitrogens with zero attached hydrogens (tertiary/aromatic N) is 4. The number of hydrogen-bond donors (Lipinski definition) is 2. The number of fused-ring (bicyclic) bond motifs is 1. The van der Waals surface area contributed by atoms with Gasteiger partial charge in [0.15, 0.2) is 0 Å². The zero-order valence-electron chi connectivity index (χ0n) is 20.5. The number of ether oxygens (including phenoxy) is 2. The summed E-state index contributed by atoms with van der Waals surface area (Å²) in [5.41, 5.74) is 1.58. The van der Waals surface area contributed by atoms with Gasteiger partial charge in [-0.3, -0.25) is 4.90 Å². The molecule has 5 rings (SSSR count). The molecule has 198 valence electrons. The lowest BCUT2D eigenvalue weighted by Crippen LogP contribution is -2.52. The Labute approximate surface area is 208 Å². The molecule has 11 heteroatoms. The molecule has 3 aliphatic rings. The quantitative estimate of drug-likeness (QED) is 0.578. The summed E-state index contributed by atoms with van der Waals surface area (Å²) in [5, 5.41) is 13.4. The summed E-state index contributed by atoms with van der Waals surface area (Å²) in [6, 6.07) is -0.374. The smallest absolute Gasteiger partial charge is 0.391 e. The van der Waals surface area contributed by atoms with E-state index in [4.69, 9.17) is 9.47 Å². The Morgan fingerprint density at radius 3 is 2.56 bits per heavy atom. The van der Waals surface area contributed by atoms with E-state index in [0.29, 0.717) is 35.7 Å². The number of anilines is 1. The normalized spacial score (nSPS) is 28.5. The van der Waals surface area contributed by atoms with Crippen LogP contribution in [0.1, 0.15) is 63.4 Å². The van der Waals surface area contributed by atoms with Gasteiger partial charge in [0.1, 0.15) is 6.10 Å². The van der Waals surface area contributed by atoms with Crippen molar-refractivity contribution >= 4 is 16.9 Å². The number of rotatable bonds is 7. The summed E-state index contributed by atoms with van der Waals surface area (Å²) >= 11 is 0. The first-order valence-electron chi connectivity index (χ1n) is 12.9. The number of nitrogens with one attached hydrogen (secondary N) is 1. The minimum atomic E-state index is -4.27. The van der Waals surface area contributed by atoms with Gasteiger partial charge < -0.3 is 19.9 Å². The third-order valence-electron chi connectivity index (χ3n) is 7.57. The first-order valence-corrected chi connectivity index (χ1v) is 12.9. The van der Waals surface area contributed by atoms with Gasteiger partial charge in [0, 0.05) is 56.0 Å². The molecule has 2 aromatic heterocycles. The monoisotopic (exact) mass is 509 g/mol. The van der Waals surface area contributed by atoms with Crippen LogP contribution in [0.2, 0.25) is 0 Å². The molecule has 3 fully saturated rings. The van der Waals surface area contributed by atoms with Crippen molar-refractivity contribution in [2.45, 2.75) is 88.3 Å². The number of halogens is 3. The molecule has 2 N–H and O–H groups in total. The second-order valence-corrected chi connectivity index (χ2v) is 10.4. The van der Waals surface area contributed by atoms with Crippen molar-refractivity contribution in [3.8, 4) is 5.88 Å². The van der Waals surface area contributed by atoms with Gasteiger partial charge in [0.2, 0.25) is 11.8 Å². The number of alkyl halides is 3. The second kappa shape index (κ2) is 10.6. The van der Waals surface area contributed by atoms with Gasteiger partial charge in [0.05, 0.1) is 36.6 Å². The molecule has 0 unspecified atom stereocenters. The predicted octanol–water partition coefficient (Wildman–Crippen LogP) is 4.04. The van der Waals surface area contributed by atoms with E-state index in [-0.39, 0.29) is 24.1 Å². The molecule has 1 atom stereocenters. The molecule has 2 aliphatic carbocycles. The van der Waals surface area contributed by atoms with Crippen molar-refractivity contribution in [2.24, 2.45) is 0 Å². The van der Waals surface area contributed by atoms with E-state index in [0.717, 1.165) is 57.6 Å². The van der Waals surface area contributed by atoms with Gasteiger partial charge in [-0.25, -0.2) is 15.0 Å². The summed E-state index contributed by atoms with van der Waals surface area (Å²) in [6.45, 7) is 4.89. The van der Waals surface area contributed by atoms with Gasteiger partial charge in [-0.2, -0.15) is 13.2 Å². The number of aliphatic hydroxyl groups is 1. The average molecular weight is 510 g/mol. The van der Waals surface area contributed by atoms with Crippen LogP contribution < -0.4 is 10.1 Å². The van der Waals surface area contributed by atoms with E-state index in [2.05, 4.69) is 25.2 Å². The van der Waals surface area contributed by atoms with Crippen LogP contribution in [0, 0.1) is 0 Å². The molecule has 2 saturated carbocycles. The van der Waals surface area contributed by atoms with Crippen LogP contribution in [-0.4, -0.2) is 81.7 Å². The molecule has 0 spiro atoms. The highest BCUT2D eigenvalue weighted by Crippen LogP contribution is 2.39. The van der Waals surface area contributed by atoms with Gasteiger partial charge in [0.25, 0.3) is 0 Å². The zero-order chi connectivity index (χ0) is 25.3. The van der Waals surface area contributed by atoms with Gasteiger partial charge in [-0.15, -0.1) is 0 Å². The Kier molecular flexibility index (Phi) is 7.50. The van der Waals surface area contributed by atoms with Crippen molar-refractivity contribution in [1.82, 2.24) is 19.9 Å². The maximum atomic E-state index is 12.8. The third-order valence-corrected chi connectivity index (χ3v) is 7.57. The third kappa shape index (κ3) is 6.00. The molecule has 36 heavy (non-hydrogen) atoms. The zero-order valence-corrected chi connectivity index (χ0v) is 20.5. The van der Waals surface area contributed by atoms with E-state index in [1.54, 1.807) is 12.4 Å². The minimum Gasteiger partial charge on any atom is -0.474 e. The van der Waals surface area contributed by atoms with Gasteiger partial charge in [-0.1, -0.05) is 0 Å². The largest absolute Gasteiger partial charge is 0.474 e. The van der Waals surface area contributed by atoms with Crippen molar-refractivity contribution in [1.29, 1.82) is 0 Å². The summed E-state index contributed by atoms with van der Waals surface area (Å²) in [6.07, 6.45) is 2.75. The fourth-order valence-electron chi connectivity index (χ4n) is 5.52. The number of hydrogen-bond acceptors (Lipinski definition) is 8. The Morgan fingerprint density at radius 2 is 1.86 bits per heavy atom. The minimum absolute atomic E-state index is 0.0498.